The quantitative estimate of drug-likeness (QED) is 0.474. The number of aromatic nitrogens is 2. The molecule has 0 bridgehead atoms. The van der Waals surface area contributed by atoms with E-state index in [4.69, 9.17) is 0 Å². The summed E-state index contributed by atoms with van der Waals surface area (Å²) >= 11 is 0. The van der Waals surface area contributed by atoms with E-state index in [9.17, 15) is 13.0 Å². The van der Waals surface area contributed by atoms with Crippen LogP contribution in [-0.4, -0.2) is 47.5 Å². The predicted octanol–water partition coefficient (Wildman–Crippen LogP) is 1.17. The maximum absolute atomic E-state index is 9.22. The van der Waals surface area contributed by atoms with E-state index in [0.717, 1.165) is 7.11 Å². The van der Waals surface area contributed by atoms with Crippen LogP contribution in [0.3, 0.4) is 0 Å². The molecule has 1 unspecified atom stereocenters. The molecule has 1 atom stereocenters. The van der Waals surface area contributed by atoms with Gasteiger partial charge in [-0.15, -0.1) is 0 Å². The van der Waals surface area contributed by atoms with Crippen molar-refractivity contribution in [2.24, 2.45) is 4.99 Å². The molecule has 0 amide bonds. The molecule has 0 radical (unpaired) electrons. The van der Waals surface area contributed by atoms with Gasteiger partial charge in [-0.25, -0.2) is 22.9 Å². The average Bonchev–Trinajstić information content (AvgIpc) is 3.11. The smallest absolute Gasteiger partial charge is 0.217 e. The summed E-state index contributed by atoms with van der Waals surface area (Å²) in [5.74, 6) is 0. The van der Waals surface area contributed by atoms with Gasteiger partial charge in [-0.1, -0.05) is 6.58 Å². The van der Waals surface area contributed by atoms with Gasteiger partial charge in [-0.05, 0) is 6.58 Å². The second-order valence-electron chi connectivity index (χ2n) is 3.73. The topological polar surface area (TPSA) is 96.6 Å². The van der Waals surface area contributed by atoms with Crippen molar-refractivity contribution in [3.05, 3.63) is 50.5 Å². The van der Waals surface area contributed by atoms with Crippen LogP contribution in [0.1, 0.15) is 0 Å². The lowest BCUT2D eigenvalue weighted by atomic mass is 10.6. The number of nitrogens with zero attached hydrogens (tertiary/aromatic N) is 4. The highest BCUT2D eigenvalue weighted by molar-refractivity contribution is 7.80. The van der Waals surface area contributed by atoms with Crippen LogP contribution in [0.4, 0.5) is 0 Å². The summed E-state index contributed by atoms with van der Waals surface area (Å²) in [6.45, 7) is 7.17. The highest BCUT2D eigenvalue weighted by Crippen LogP contribution is 2.05. The lowest BCUT2D eigenvalue weighted by Gasteiger charge is -2.13. The van der Waals surface area contributed by atoms with Crippen LogP contribution in [0.25, 0.3) is 6.20 Å². The highest BCUT2D eigenvalue weighted by Gasteiger charge is 2.13. The van der Waals surface area contributed by atoms with Crippen molar-refractivity contribution in [2.45, 2.75) is 0 Å². The van der Waals surface area contributed by atoms with E-state index in [2.05, 4.69) is 27.3 Å². The standard InChI is InChI=1S/C6H9N2.C5H6N2.CH4O4S/c1-3-8(2)5-4-7-6-8;1-2-7-4-3-6-5-7;1-5-6(2,3)4/h3-6H,1H2,2H3;2-5H,1H2;1H3,(H,2,3,4)/q+1;;/p-1. The molecule has 1 aliphatic heterocycles. The molecule has 0 aliphatic carbocycles. The SMILES string of the molecule is C=C[N+]1(C)C=CN=C1.C=Cn1ccnc1.COS(=O)(=O)[O-]. The van der Waals surface area contributed by atoms with Gasteiger partial charge in [0, 0.05) is 18.6 Å². The third-order valence-corrected chi connectivity index (χ3v) is 2.53. The fraction of sp³-hybridized carbons (Fsp3) is 0.167. The normalized spacial score (nSPS) is 19.0. The van der Waals surface area contributed by atoms with E-state index in [-0.39, 0.29) is 0 Å². The first-order chi connectivity index (χ1) is 9.76. The minimum Gasteiger partial charge on any atom is -0.726 e. The molecule has 0 N–H and O–H groups in total. The zero-order valence-electron chi connectivity index (χ0n) is 11.9. The zero-order chi connectivity index (χ0) is 16.4. The molecule has 9 heteroatoms. The van der Waals surface area contributed by atoms with Gasteiger partial charge in [-0.3, -0.25) is 4.18 Å². The number of imidazole rings is 1. The van der Waals surface area contributed by atoms with Crippen LogP contribution < -0.4 is 0 Å². The van der Waals surface area contributed by atoms with Crippen molar-refractivity contribution in [1.82, 2.24) is 9.55 Å². The lowest BCUT2D eigenvalue weighted by Crippen LogP contribution is -2.26. The Kier molecular flexibility index (Phi) is 8.09. The molecule has 21 heavy (non-hydrogen) atoms. The van der Waals surface area contributed by atoms with Crippen LogP contribution in [-0.2, 0) is 14.6 Å². The van der Waals surface area contributed by atoms with Crippen molar-refractivity contribution >= 4 is 22.9 Å². The average molecular weight is 314 g/mol. The lowest BCUT2D eigenvalue weighted by molar-refractivity contribution is -0.696. The minimum atomic E-state index is -4.41. The van der Waals surface area contributed by atoms with Gasteiger partial charge < -0.3 is 9.12 Å². The first-order valence-corrected chi connectivity index (χ1v) is 6.92. The Morgan fingerprint density at radius 3 is 2.24 bits per heavy atom. The van der Waals surface area contributed by atoms with Crippen LogP contribution in [0.2, 0.25) is 0 Å². The van der Waals surface area contributed by atoms with Crippen LogP contribution >= 0.6 is 0 Å². The summed E-state index contributed by atoms with van der Waals surface area (Å²) in [6.07, 6.45) is 14.3. The summed E-state index contributed by atoms with van der Waals surface area (Å²) in [5, 5.41) is 0. The summed E-state index contributed by atoms with van der Waals surface area (Å²) < 4.78 is 33.4. The summed E-state index contributed by atoms with van der Waals surface area (Å²) in [5.41, 5.74) is 0. The minimum absolute atomic E-state index is 0.611. The maximum Gasteiger partial charge on any atom is 0.217 e. The Bertz CT molecular complexity index is 579. The van der Waals surface area contributed by atoms with Gasteiger partial charge >= 0.3 is 0 Å². The van der Waals surface area contributed by atoms with Crippen molar-refractivity contribution in [3.8, 4) is 0 Å². The third kappa shape index (κ3) is 9.46. The predicted molar refractivity (Wildman–Crippen MR) is 79.3 cm³/mol. The molecule has 0 spiro atoms. The molecular weight excluding hydrogens is 296 g/mol. The molecule has 8 nitrogen and oxygen atoms in total. The number of aliphatic imine (C=N–C) groups is 1. The Labute approximate surface area is 124 Å². The Balaban J connectivity index is 0.000000290. The van der Waals surface area contributed by atoms with E-state index in [0.29, 0.717) is 4.48 Å². The molecular formula is C12H18N4O4S. The second kappa shape index (κ2) is 8.97. The fourth-order valence-corrected chi connectivity index (χ4v) is 0.888. The Morgan fingerprint density at radius 2 is 2.05 bits per heavy atom. The monoisotopic (exact) mass is 314 g/mol. The van der Waals surface area contributed by atoms with Crippen molar-refractivity contribution < 1.29 is 21.6 Å². The number of rotatable bonds is 3. The highest BCUT2D eigenvalue weighted by atomic mass is 32.3. The van der Waals surface area contributed by atoms with Gasteiger partial charge in [0.2, 0.25) is 10.4 Å². The Morgan fingerprint density at radius 1 is 1.43 bits per heavy atom. The first kappa shape index (κ1) is 18.9. The second-order valence-corrected chi connectivity index (χ2v) is 4.88. The first-order valence-electron chi connectivity index (χ1n) is 5.59. The van der Waals surface area contributed by atoms with Crippen LogP contribution in [0.15, 0.2) is 55.5 Å². The van der Waals surface area contributed by atoms with Gasteiger partial charge in [0.15, 0.2) is 6.34 Å². The molecule has 0 saturated heterocycles. The van der Waals surface area contributed by atoms with Crippen molar-refractivity contribution in [2.75, 3.05) is 14.2 Å². The summed E-state index contributed by atoms with van der Waals surface area (Å²) in [4.78, 5) is 7.69. The molecule has 1 aromatic rings. The van der Waals surface area contributed by atoms with Crippen LogP contribution in [0.5, 0.6) is 0 Å². The van der Waals surface area contributed by atoms with Crippen molar-refractivity contribution in [3.63, 3.8) is 0 Å². The van der Waals surface area contributed by atoms with Gasteiger partial charge in [-0.2, -0.15) is 0 Å². The summed E-state index contributed by atoms with van der Waals surface area (Å²) in [6, 6.07) is 0. The van der Waals surface area contributed by atoms with Gasteiger partial charge in [0.05, 0.1) is 32.9 Å². The zero-order valence-corrected chi connectivity index (χ0v) is 12.7. The molecule has 0 fully saturated rings. The summed E-state index contributed by atoms with van der Waals surface area (Å²) in [7, 11) is -1.60. The fourth-order valence-electron chi connectivity index (χ4n) is 0.888. The number of hydrogen-bond acceptors (Lipinski definition) is 6. The number of quaternary nitrogens is 1. The third-order valence-electron chi connectivity index (χ3n) is 2.12. The van der Waals surface area contributed by atoms with E-state index in [1.54, 1.807) is 29.5 Å². The molecule has 0 aromatic carbocycles. The van der Waals surface area contributed by atoms with E-state index < -0.39 is 10.4 Å². The van der Waals surface area contributed by atoms with Crippen molar-refractivity contribution in [1.29, 1.82) is 0 Å². The molecule has 2 heterocycles. The van der Waals surface area contributed by atoms with Gasteiger partial charge in [0.1, 0.15) is 6.20 Å². The van der Waals surface area contributed by atoms with Crippen LogP contribution in [0, 0.1) is 0 Å². The molecule has 116 valence electrons. The molecule has 0 saturated carbocycles. The molecule has 1 aliphatic rings. The Hall–Kier alpha value is -2.07. The van der Waals surface area contributed by atoms with Gasteiger partial charge in [0.25, 0.3) is 0 Å². The van der Waals surface area contributed by atoms with E-state index in [1.807, 2.05) is 32.0 Å². The maximum atomic E-state index is 9.22. The largest absolute Gasteiger partial charge is 0.726 e. The number of hydrogen-bond donors (Lipinski definition) is 0. The van der Waals surface area contributed by atoms with E-state index in [1.165, 1.54) is 0 Å². The van der Waals surface area contributed by atoms with E-state index >= 15 is 0 Å². The molecule has 2 rings (SSSR count). The molecule has 1 aromatic heterocycles.